The standard InChI is InChI=1S/C24H21ClFN3O3/c25-22-4-2-1-3-18(22)16-32-21-11-5-17(6-12-21)15-27-29-24(31)14-13-23(30)28-20-9-7-19(26)8-10-20/h1-12,15H,13-14,16H2,(H,28,30)(H,29,31). The largest absolute Gasteiger partial charge is 0.489 e. The van der Waals surface area contributed by atoms with Crippen LogP contribution in [0.15, 0.2) is 77.9 Å². The van der Waals surface area contributed by atoms with Gasteiger partial charge in [-0.05, 0) is 60.2 Å². The van der Waals surface area contributed by atoms with Gasteiger partial charge in [-0.15, -0.1) is 0 Å². The SMILES string of the molecule is O=C(CCC(=O)Nc1ccc(F)cc1)NN=Cc1ccc(OCc2ccccc2Cl)cc1. The number of nitrogens with zero attached hydrogens (tertiary/aromatic N) is 1. The Kier molecular flexibility index (Phi) is 8.34. The first-order chi connectivity index (χ1) is 15.5. The number of carbonyl (C=O) groups is 2. The minimum atomic E-state index is -0.393. The topological polar surface area (TPSA) is 79.8 Å². The molecule has 0 aliphatic heterocycles. The van der Waals surface area contributed by atoms with Crippen LogP contribution in [0.1, 0.15) is 24.0 Å². The van der Waals surface area contributed by atoms with Crippen molar-refractivity contribution < 1.29 is 18.7 Å². The van der Waals surface area contributed by atoms with Gasteiger partial charge in [0, 0.05) is 29.1 Å². The third-order valence-corrected chi connectivity index (χ3v) is 4.71. The number of anilines is 1. The van der Waals surface area contributed by atoms with Gasteiger partial charge in [-0.1, -0.05) is 29.8 Å². The Hall–Kier alpha value is -3.71. The highest BCUT2D eigenvalue weighted by molar-refractivity contribution is 6.31. The average molecular weight is 454 g/mol. The maximum atomic E-state index is 12.9. The number of carbonyl (C=O) groups excluding carboxylic acids is 2. The molecule has 3 aromatic carbocycles. The molecule has 0 saturated carbocycles. The molecule has 0 saturated heterocycles. The van der Waals surface area contributed by atoms with Crippen LogP contribution in [0.3, 0.4) is 0 Å². The number of halogens is 2. The monoisotopic (exact) mass is 453 g/mol. The molecule has 0 atom stereocenters. The van der Waals surface area contributed by atoms with Gasteiger partial charge in [0.15, 0.2) is 0 Å². The first-order valence-corrected chi connectivity index (χ1v) is 10.2. The van der Waals surface area contributed by atoms with Crippen LogP contribution in [0, 0.1) is 5.82 Å². The quantitative estimate of drug-likeness (QED) is 0.356. The molecule has 32 heavy (non-hydrogen) atoms. The predicted octanol–water partition coefficient (Wildman–Crippen LogP) is 4.93. The Bertz CT molecular complexity index is 1090. The lowest BCUT2D eigenvalue weighted by Crippen LogP contribution is -2.20. The summed E-state index contributed by atoms with van der Waals surface area (Å²) in [5.41, 5.74) is 4.51. The van der Waals surface area contributed by atoms with E-state index >= 15 is 0 Å². The molecular formula is C24H21ClFN3O3. The second kappa shape index (κ2) is 11.6. The van der Waals surface area contributed by atoms with Gasteiger partial charge >= 0.3 is 0 Å². The van der Waals surface area contributed by atoms with Crippen molar-refractivity contribution in [1.82, 2.24) is 5.43 Å². The van der Waals surface area contributed by atoms with Gasteiger partial charge in [0.05, 0.1) is 6.21 Å². The molecule has 0 unspecified atom stereocenters. The molecule has 3 aromatic rings. The number of nitrogens with one attached hydrogen (secondary N) is 2. The van der Waals surface area contributed by atoms with Gasteiger partial charge in [-0.3, -0.25) is 9.59 Å². The highest BCUT2D eigenvalue weighted by Gasteiger charge is 2.07. The fraction of sp³-hybridized carbons (Fsp3) is 0.125. The summed E-state index contributed by atoms with van der Waals surface area (Å²) in [6.07, 6.45) is 1.45. The van der Waals surface area contributed by atoms with Gasteiger partial charge in [-0.2, -0.15) is 5.10 Å². The third kappa shape index (κ3) is 7.52. The highest BCUT2D eigenvalue weighted by atomic mass is 35.5. The molecule has 2 amide bonds. The number of hydrazone groups is 1. The second-order valence-corrected chi connectivity index (χ2v) is 7.20. The summed E-state index contributed by atoms with van der Waals surface area (Å²) >= 11 is 6.11. The minimum absolute atomic E-state index is 0.0177. The molecular weight excluding hydrogens is 433 g/mol. The van der Waals surface area contributed by atoms with Crippen molar-refractivity contribution in [2.45, 2.75) is 19.4 Å². The molecule has 0 spiro atoms. The van der Waals surface area contributed by atoms with Crippen molar-refractivity contribution in [3.63, 3.8) is 0 Å². The lowest BCUT2D eigenvalue weighted by molar-refractivity contribution is -0.124. The molecule has 0 heterocycles. The molecule has 0 aliphatic carbocycles. The summed E-state index contributed by atoms with van der Waals surface area (Å²) in [6.45, 7) is 0.359. The first kappa shape index (κ1) is 23.0. The normalized spacial score (nSPS) is 10.7. The van der Waals surface area contributed by atoms with Crippen LogP contribution in [0.25, 0.3) is 0 Å². The smallest absolute Gasteiger partial charge is 0.240 e. The molecule has 2 N–H and O–H groups in total. The average Bonchev–Trinajstić information content (AvgIpc) is 2.80. The lowest BCUT2D eigenvalue weighted by atomic mass is 10.2. The molecule has 8 heteroatoms. The Balaban J connectivity index is 1.38. The second-order valence-electron chi connectivity index (χ2n) is 6.80. The maximum Gasteiger partial charge on any atom is 0.240 e. The Morgan fingerprint density at radius 1 is 0.938 bits per heavy atom. The van der Waals surface area contributed by atoms with Gasteiger partial charge in [0.1, 0.15) is 18.2 Å². The van der Waals surface area contributed by atoms with Crippen molar-refractivity contribution in [1.29, 1.82) is 0 Å². The summed E-state index contributed by atoms with van der Waals surface area (Å²) in [6, 6.07) is 20.0. The number of hydrogen-bond donors (Lipinski definition) is 2. The van der Waals surface area contributed by atoms with Crippen molar-refractivity contribution in [3.05, 3.63) is 94.8 Å². The highest BCUT2D eigenvalue weighted by Crippen LogP contribution is 2.18. The molecule has 0 fully saturated rings. The van der Waals surface area contributed by atoms with Gasteiger partial charge < -0.3 is 10.1 Å². The van der Waals surface area contributed by atoms with Crippen molar-refractivity contribution >= 4 is 35.3 Å². The predicted molar refractivity (Wildman–Crippen MR) is 122 cm³/mol. The van der Waals surface area contributed by atoms with Crippen molar-refractivity contribution in [3.8, 4) is 5.75 Å². The number of ether oxygens (including phenoxy) is 1. The molecule has 0 radical (unpaired) electrons. The van der Waals surface area contributed by atoms with Gasteiger partial charge in [-0.25, -0.2) is 9.82 Å². The summed E-state index contributed by atoms with van der Waals surface area (Å²) in [7, 11) is 0. The van der Waals surface area contributed by atoms with E-state index in [4.69, 9.17) is 16.3 Å². The first-order valence-electron chi connectivity index (χ1n) is 9.83. The van der Waals surface area contributed by atoms with Crippen LogP contribution in [-0.4, -0.2) is 18.0 Å². The lowest BCUT2D eigenvalue weighted by Gasteiger charge is -2.07. The van der Waals surface area contributed by atoms with Gasteiger partial charge in [0.2, 0.25) is 11.8 Å². The van der Waals surface area contributed by atoms with Gasteiger partial charge in [0.25, 0.3) is 0 Å². The number of amides is 2. The molecule has 0 bridgehead atoms. The van der Waals surface area contributed by atoms with E-state index in [2.05, 4.69) is 15.8 Å². The molecule has 3 rings (SSSR count). The zero-order valence-corrected chi connectivity index (χ0v) is 17.8. The van der Waals surface area contributed by atoms with Crippen LogP contribution in [0.4, 0.5) is 10.1 Å². The van der Waals surface area contributed by atoms with E-state index in [1.165, 1.54) is 30.5 Å². The Morgan fingerprint density at radius 3 is 2.34 bits per heavy atom. The van der Waals surface area contributed by atoms with Crippen LogP contribution in [0.5, 0.6) is 5.75 Å². The fourth-order valence-corrected chi connectivity index (χ4v) is 2.84. The van der Waals surface area contributed by atoms with E-state index in [9.17, 15) is 14.0 Å². The van der Waals surface area contributed by atoms with Crippen LogP contribution < -0.4 is 15.5 Å². The van der Waals surface area contributed by atoms with Crippen molar-refractivity contribution in [2.75, 3.05) is 5.32 Å². The molecule has 6 nitrogen and oxygen atoms in total. The van der Waals surface area contributed by atoms with Crippen molar-refractivity contribution in [2.24, 2.45) is 5.10 Å². The van der Waals surface area contributed by atoms with Crippen LogP contribution in [0.2, 0.25) is 5.02 Å². The van der Waals surface area contributed by atoms with E-state index in [1.807, 2.05) is 24.3 Å². The van der Waals surface area contributed by atoms with E-state index < -0.39 is 5.91 Å². The molecule has 0 aromatic heterocycles. The fourth-order valence-electron chi connectivity index (χ4n) is 2.65. The zero-order chi connectivity index (χ0) is 22.8. The van der Waals surface area contributed by atoms with Crippen LogP contribution >= 0.6 is 11.6 Å². The Morgan fingerprint density at radius 2 is 1.62 bits per heavy atom. The summed E-state index contributed by atoms with van der Waals surface area (Å²) in [5, 5.41) is 7.14. The summed E-state index contributed by atoms with van der Waals surface area (Å²) in [5.74, 6) is -0.448. The number of hydrogen-bond acceptors (Lipinski definition) is 4. The van der Waals surface area contributed by atoms with E-state index in [-0.39, 0.29) is 24.6 Å². The zero-order valence-electron chi connectivity index (χ0n) is 17.1. The van der Waals surface area contributed by atoms with Crippen LogP contribution in [-0.2, 0) is 16.2 Å². The minimum Gasteiger partial charge on any atom is -0.489 e. The van der Waals surface area contributed by atoms with E-state index in [1.54, 1.807) is 24.3 Å². The Labute approximate surface area is 190 Å². The summed E-state index contributed by atoms with van der Waals surface area (Å²) in [4.78, 5) is 23.7. The molecule has 0 aliphatic rings. The summed E-state index contributed by atoms with van der Waals surface area (Å²) < 4.78 is 18.6. The molecule has 164 valence electrons. The van der Waals surface area contributed by atoms with E-state index in [0.29, 0.717) is 23.1 Å². The number of rotatable bonds is 9. The van der Waals surface area contributed by atoms with E-state index in [0.717, 1.165) is 11.1 Å². The number of benzene rings is 3. The maximum absolute atomic E-state index is 12.9. The third-order valence-electron chi connectivity index (χ3n) is 4.34.